The maximum absolute atomic E-state index is 11.5. The van der Waals surface area contributed by atoms with Crippen LogP contribution in [-0.2, 0) is 4.74 Å². The van der Waals surface area contributed by atoms with Crippen LogP contribution < -0.4 is 5.32 Å². The molecule has 0 saturated carbocycles. The molecule has 0 unspecified atom stereocenters. The zero-order chi connectivity index (χ0) is 12.2. The summed E-state index contributed by atoms with van der Waals surface area (Å²) in [6.45, 7) is 5.40. The van der Waals surface area contributed by atoms with Crippen molar-refractivity contribution in [1.82, 2.24) is 5.32 Å². The first-order valence-electron chi connectivity index (χ1n) is 5.22. The lowest BCUT2D eigenvalue weighted by molar-refractivity contribution is 0.0544. The number of ether oxygens (including phenoxy) is 1. The molecule has 1 aliphatic carbocycles. The average molecular weight is 220 g/mol. The smallest absolute Gasteiger partial charge is 0.411 e. The number of rotatable bonds is 1. The fourth-order valence-electron chi connectivity index (χ4n) is 1.33. The number of alkyl carbamates (subject to hydrolysis) is 1. The summed E-state index contributed by atoms with van der Waals surface area (Å²) in [6, 6.07) is 2.04. The summed E-state index contributed by atoms with van der Waals surface area (Å²) in [5.74, 6) is 0. The largest absolute Gasteiger partial charge is 0.444 e. The van der Waals surface area contributed by atoms with Gasteiger partial charge in [0.2, 0.25) is 0 Å². The van der Waals surface area contributed by atoms with E-state index in [1.807, 2.05) is 12.1 Å². The van der Waals surface area contributed by atoms with Gasteiger partial charge in [-0.1, -0.05) is 6.08 Å². The summed E-state index contributed by atoms with van der Waals surface area (Å²) in [6.07, 6.45) is 4.62. The summed E-state index contributed by atoms with van der Waals surface area (Å²) in [7, 11) is 0. The lowest BCUT2D eigenvalue weighted by atomic mass is 10.0. The van der Waals surface area contributed by atoms with Crippen LogP contribution in [0.3, 0.4) is 0 Å². The molecule has 1 aliphatic rings. The van der Waals surface area contributed by atoms with Gasteiger partial charge < -0.3 is 4.74 Å². The monoisotopic (exact) mass is 220 g/mol. The van der Waals surface area contributed by atoms with Gasteiger partial charge in [0, 0.05) is 5.70 Å². The van der Waals surface area contributed by atoms with Crippen molar-refractivity contribution in [2.24, 2.45) is 0 Å². The van der Waals surface area contributed by atoms with E-state index in [9.17, 15) is 4.79 Å². The maximum atomic E-state index is 11.5. The number of amides is 1. The second kappa shape index (κ2) is 4.84. The van der Waals surface area contributed by atoms with Crippen molar-refractivity contribution in [3.63, 3.8) is 0 Å². The third-order valence-corrected chi connectivity index (χ3v) is 1.94. The average Bonchev–Trinajstić information content (AvgIpc) is 2.15. The van der Waals surface area contributed by atoms with Gasteiger partial charge in [-0.15, -0.1) is 0 Å². The minimum Gasteiger partial charge on any atom is -0.444 e. The molecule has 86 valence electrons. The predicted octanol–water partition coefficient (Wildman–Crippen LogP) is 2.64. The Morgan fingerprint density at radius 1 is 1.56 bits per heavy atom. The number of hydrogen-bond donors (Lipinski definition) is 1. The molecule has 1 rings (SSSR count). The SMILES string of the molecule is CC(C)(C)OC(=O)NC1=C(C#N)C=CCC1. The van der Waals surface area contributed by atoms with Crippen LogP contribution in [-0.4, -0.2) is 11.7 Å². The van der Waals surface area contributed by atoms with Gasteiger partial charge in [0.1, 0.15) is 11.7 Å². The quantitative estimate of drug-likeness (QED) is 0.738. The molecule has 0 spiro atoms. The molecule has 0 aliphatic heterocycles. The molecular formula is C12H16N2O2. The molecular weight excluding hydrogens is 204 g/mol. The fourth-order valence-corrected chi connectivity index (χ4v) is 1.33. The zero-order valence-corrected chi connectivity index (χ0v) is 9.83. The normalized spacial score (nSPS) is 15.6. The van der Waals surface area contributed by atoms with Gasteiger partial charge in [-0.2, -0.15) is 5.26 Å². The Morgan fingerprint density at radius 3 is 2.81 bits per heavy atom. The molecule has 1 N–H and O–H groups in total. The van der Waals surface area contributed by atoms with E-state index in [0.29, 0.717) is 17.7 Å². The van der Waals surface area contributed by atoms with E-state index in [4.69, 9.17) is 10.00 Å². The first kappa shape index (κ1) is 12.3. The van der Waals surface area contributed by atoms with Crippen LogP contribution in [0.2, 0.25) is 0 Å². The highest BCUT2D eigenvalue weighted by Crippen LogP contribution is 2.16. The van der Waals surface area contributed by atoms with Crippen LogP contribution in [0.15, 0.2) is 23.4 Å². The summed E-state index contributed by atoms with van der Waals surface area (Å²) >= 11 is 0. The van der Waals surface area contributed by atoms with Crippen LogP contribution in [0.4, 0.5) is 4.79 Å². The highest BCUT2D eigenvalue weighted by Gasteiger charge is 2.18. The Hall–Kier alpha value is -1.76. The van der Waals surface area contributed by atoms with Gasteiger partial charge in [0.05, 0.1) is 5.57 Å². The molecule has 4 nitrogen and oxygen atoms in total. The second-order valence-electron chi connectivity index (χ2n) is 4.57. The summed E-state index contributed by atoms with van der Waals surface area (Å²) < 4.78 is 5.12. The molecule has 4 heteroatoms. The van der Waals surface area contributed by atoms with Gasteiger partial charge in [-0.3, -0.25) is 5.32 Å². The maximum Gasteiger partial charge on any atom is 0.411 e. The van der Waals surface area contributed by atoms with Crippen LogP contribution in [0.25, 0.3) is 0 Å². The highest BCUT2D eigenvalue weighted by atomic mass is 16.6. The van der Waals surface area contributed by atoms with E-state index in [0.717, 1.165) is 6.42 Å². The van der Waals surface area contributed by atoms with Crippen molar-refractivity contribution in [1.29, 1.82) is 5.26 Å². The van der Waals surface area contributed by atoms with E-state index < -0.39 is 11.7 Å². The first-order valence-corrected chi connectivity index (χ1v) is 5.22. The Labute approximate surface area is 95.6 Å². The van der Waals surface area contributed by atoms with Crippen molar-refractivity contribution in [3.8, 4) is 6.07 Å². The number of nitrogens with one attached hydrogen (secondary N) is 1. The fraction of sp³-hybridized carbons (Fsp3) is 0.500. The molecule has 0 aromatic carbocycles. The van der Waals surface area contributed by atoms with E-state index >= 15 is 0 Å². The predicted molar refractivity (Wildman–Crippen MR) is 60.4 cm³/mol. The first-order chi connectivity index (χ1) is 7.42. The van der Waals surface area contributed by atoms with Crippen molar-refractivity contribution in [2.45, 2.75) is 39.2 Å². The van der Waals surface area contributed by atoms with E-state index in [-0.39, 0.29) is 0 Å². The van der Waals surface area contributed by atoms with E-state index in [1.54, 1.807) is 26.8 Å². The second-order valence-corrected chi connectivity index (χ2v) is 4.57. The number of nitrogens with zero attached hydrogens (tertiary/aromatic N) is 1. The number of carbonyl (C=O) groups excluding carboxylic acids is 1. The lowest BCUT2D eigenvalue weighted by Crippen LogP contribution is -2.32. The Morgan fingerprint density at radius 2 is 2.25 bits per heavy atom. The van der Waals surface area contributed by atoms with Crippen LogP contribution in [0.5, 0.6) is 0 Å². The van der Waals surface area contributed by atoms with Gasteiger partial charge >= 0.3 is 6.09 Å². The summed E-state index contributed by atoms with van der Waals surface area (Å²) in [5, 5.41) is 11.5. The summed E-state index contributed by atoms with van der Waals surface area (Å²) in [5.41, 5.74) is 0.610. The molecule has 16 heavy (non-hydrogen) atoms. The van der Waals surface area contributed by atoms with Gasteiger partial charge in [0.15, 0.2) is 0 Å². The summed E-state index contributed by atoms with van der Waals surface area (Å²) in [4.78, 5) is 11.5. The number of nitriles is 1. The molecule has 0 radical (unpaired) electrons. The van der Waals surface area contributed by atoms with Crippen molar-refractivity contribution < 1.29 is 9.53 Å². The van der Waals surface area contributed by atoms with Crippen LogP contribution >= 0.6 is 0 Å². The Balaban J connectivity index is 2.67. The molecule has 0 heterocycles. The standard InChI is InChI=1S/C12H16N2O2/c1-12(2,3)16-11(15)14-10-7-5-4-6-9(10)8-13/h4,6H,5,7H2,1-3H3,(H,14,15). The minimum atomic E-state index is -0.526. The highest BCUT2D eigenvalue weighted by molar-refractivity contribution is 5.71. The Kier molecular flexibility index (Phi) is 3.73. The molecule has 0 bridgehead atoms. The molecule has 0 fully saturated rings. The molecule has 0 saturated heterocycles. The molecule has 0 aromatic heterocycles. The van der Waals surface area contributed by atoms with Crippen LogP contribution in [0, 0.1) is 11.3 Å². The van der Waals surface area contributed by atoms with Crippen molar-refractivity contribution >= 4 is 6.09 Å². The van der Waals surface area contributed by atoms with E-state index in [2.05, 4.69) is 5.32 Å². The Bertz CT molecular complexity index is 381. The van der Waals surface area contributed by atoms with Gasteiger partial charge in [-0.05, 0) is 39.7 Å². The molecule has 1 amide bonds. The van der Waals surface area contributed by atoms with Crippen molar-refractivity contribution in [3.05, 3.63) is 23.4 Å². The topological polar surface area (TPSA) is 62.1 Å². The zero-order valence-electron chi connectivity index (χ0n) is 9.83. The van der Waals surface area contributed by atoms with E-state index in [1.165, 1.54) is 0 Å². The van der Waals surface area contributed by atoms with Crippen molar-refractivity contribution in [2.75, 3.05) is 0 Å². The number of hydrogen-bond acceptors (Lipinski definition) is 3. The number of carbonyl (C=O) groups is 1. The third kappa shape index (κ3) is 3.77. The molecule has 0 aromatic rings. The minimum absolute atomic E-state index is 0.497. The lowest BCUT2D eigenvalue weighted by Gasteiger charge is -2.21. The van der Waals surface area contributed by atoms with Gasteiger partial charge in [-0.25, -0.2) is 4.79 Å². The van der Waals surface area contributed by atoms with Crippen LogP contribution in [0.1, 0.15) is 33.6 Å². The molecule has 0 atom stereocenters. The number of allylic oxidation sites excluding steroid dienone is 4. The van der Waals surface area contributed by atoms with Gasteiger partial charge in [0.25, 0.3) is 0 Å². The third-order valence-electron chi connectivity index (χ3n) is 1.94.